The molecule has 3 rings (SSSR count). The van der Waals surface area contributed by atoms with Gasteiger partial charge < -0.3 is 10.1 Å². The molecule has 0 spiro atoms. The molecule has 2 aromatic rings. The van der Waals surface area contributed by atoms with E-state index in [4.69, 9.17) is 4.74 Å². The van der Waals surface area contributed by atoms with Gasteiger partial charge in [-0.2, -0.15) is 5.26 Å². The highest BCUT2D eigenvalue weighted by Gasteiger charge is 2.42. The van der Waals surface area contributed by atoms with Gasteiger partial charge in [-0.3, -0.25) is 4.79 Å². The van der Waals surface area contributed by atoms with Crippen LogP contribution in [0.3, 0.4) is 0 Å². The molecule has 0 aromatic heterocycles. The molecule has 0 atom stereocenters. The summed E-state index contributed by atoms with van der Waals surface area (Å²) in [5, 5.41) is 12.4. The fourth-order valence-corrected chi connectivity index (χ4v) is 3.80. The molecule has 1 saturated carbocycles. The van der Waals surface area contributed by atoms with Crippen LogP contribution in [0.2, 0.25) is 0 Å². The van der Waals surface area contributed by atoms with E-state index in [0.717, 1.165) is 36.8 Å². The second-order valence-corrected chi connectivity index (χ2v) is 6.87. The number of carbonyl (C=O) groups excluding carboxylic acids is 1. The molecule has 0 radical (unpaired) electrons. The van der Waals surface area contributed by atoms with E-state index in [2.05, 4.69) is 36.5 Å². The van der Waals surface area contributed by atoms with Gasteiger partial charge in [0.1, 0.15) is 11.8 Å². The highest BCUT2D eigenvalue weighted by Crippen LogP contribution is 2.42. The molecular formula is C22H24N2O2. The van der Waals surface area contributed by atoms with Gasteiger partial charge in [-0.15, -0.1) is 0 Å². The summed E-state index contributed by atoms with van der Waals surface area (Å²) < 4.78 is 5.45. The lowest BCUT2D eigenvalue weighted by molar-refractivity contribution is -0.121. The topological polar surface area (TPSA) is 62.1 Å². The molecule has 4 nitrogen and oxygen atoms in total. The van der Waals surface area contributed by atoms with Crippen molar-refractivity contribution in [2.24, 2.45) is 0 Å². The first-order valence-electron chi connectivity index (χ1n) is 9.14. The zero-order valence-corrected chi connectivity index (χ0v) is 15.3. The van der Waals surface area contributed by atoms with Crippen LogP contribution in [0.1, 0.15) is 49.3 Å². The van der Waals surface area contributed by atoms with Crippen molar-refractivity contribution in [1.82, 2.24) is 0 Å². The molecular weight excluding hydrogens is 324 g/mol. The Labute approximate surface area is 154 Å². The summed E-state index contributed by atoms with van der Waals surface area (Å²) in [6, 6.07) is 15.6. The zero-order chi connectivity index (χ0) is 18.6. The molecule has 1 N–H and O–H groups in total. The number of nitriles is 1. The fraction of sp³-hybridized carbons (Fsp3) is 0.364. The molecule has 134 valence electrons. The van der Waals surface area contributed by atoms with Crippen LogP contribution in [0.5, 0.6) is 5.75 Å². The summed E-state index contributed by atoms with van der Waals surface area (Å²) in [7, 11) is 0. The highest BCUT2D eigenvalue weighted by molar-refractivity contribution is 5.99. The van der Waals surface area contributed by atoms with E-state index in [9.17, 15) is 10.1 Å². The molecule has 0 saturated heterocycles. The predicted molar refractivity (Wildman–Crippen MR) is 102 cm³/mol. The van der Waals surface area contributed by atoms with Crippen LogP contribution in [0.4, 0.5) is 5.69 Å². The molecule has 1 aliphatic carbocycles. The van der Waals surface area contributed by atoms with Crippen LogP contribution >= 0.6 is 0 Å². The quantitative estimate of drug-likeness (QED) is 0.851. The second kappa shape index (κ2) is 7.61. The second-order valence-electron chi connectivity index (χ2n) is 6.87. The van der Waals surface area contributed by atoms with Crippen molar-refractivity contribution in [3.05, 3.63) is 59.2 Å². The first-order chi connectivity index (χ1) is 12.6. The first-order valence-corrected chi connectivity index (χ1v) is 9.14. The van der Waals surface area contributed by atoms with E-state index in [1.54, 1.807) is 18.2 Å². The lowest BCUT2D eigenvalue weighted by Crippen LogP contribution is -2.38. The van der Waals surface area contributed by atoms with Crippen LogP contribution in [-0.2, 0) is 10.2 Å². The Bertz CT molecular complexity index is 845. The number of benzene rings is 2. The summed E-state index contributed by atoms with van der Waals surface area (Å²) in [5.74, 6) is 0.552. The average molecular weight is 348 g/mol. The third kappa shape index (κ3) is 3.43. The van der Waals surface area contributed by atoms with Crippen LogP contribution in [0, 0.1) is 18.3 Å². The number of carbonyl (C=O) groups is 1. The minimum atomic E-state index is -0.489. The molecule has 4 heteroatoms. The lowest BCUT2D eigenvalue weighted by Gasteiger charge is -2.28. The standard InChI is InChI=1S/C22H24N2O2/c1-3-26-20-10-9-19(14-17(20)15-23)24-21(25)22(11-4-5-12-22)18-8-6-7-16(2)13-18/h6-10,13-14H,3-5,11-12H2,1-2H3,(H,24,25). The lowest BCUT2D eigenvalue weighted by atomic mass is 9.77. The minimum Gasteiger partial charge on any atom is -0.492 e. The summed E-state index contributed by atoms with van der Waals surface area (Å²) in [6.07, 6.45) is 3.80. The van der Waals surface area contributed by atoms with E-state index < -0.39 is 5.41 Å². The molecule has 1 aliphatic rings. The molecule has 0 unspecified atom stereocenters. The van der Waals surface area contributed by atoms with Crippen molar-refractivity contribution >= 4 is 11.6 Å². The van der Waals surface area contributed by atoms with E-state index in [1.807, 2.05) is 13.0 Å². The smallest absolute Gasteiger partial charge is 0.235 e. The Kier molecular flexibility index (Phi) is 5.27. The monoisotopic (exact) mass is 348 g/mol. The Morgan fingerprint density at radius 3 is 2.65 bits per heavy atom. The van der Waals surface area contributed by atoms with Gasteiger partial charge in [-0.25, -0.2) is 0 Å². The number of aryl methyl sites for hydroxylation is 1. The normalized spacial score (nSPS) is 15.3. The Hall–Kier alpha value is -2.80. The van der Waals surface area contributed by atoms with Gasteiger partial charge in [0.05, 0.1) is 17.6 Å². The highest BCUT2D eigenvalue weighted by atomic mass is 16.5. The molecule has 1 fully saturated rings. The van der Waals surface area contributed by atoms with Crippen LogP contribution < -0.4 is 10.1 Å². The zero-order valence-electron chi connectivity index (χ0n) is 15.3. The van der Waals surface area contributed by atoms with Crippen molar-refractivity contribution in [2.75, 3.05) is 11.9 Å². The molecule has 0 aliphatic heterocycles. The van der Waals surface area contributed by atoms with Gasteiger partial charge in [0, 0.05) is 5.69 Å². The van der Waals surface area contributed by atoms with Gasteiger partial charge in [-0.1, -0.05) is 42.7 Å². The Morgan fingerprint density at radius 2 is 2.00 bits per heavy atom. The van der Waals surface area contributed by atoms with Gasteiger partial charge in [0.15, 0.2) is 0 Å². The van der Waals surface area contributed by atoms with Crippen molar-refractivity contribution in [1.29, 1.82) is 5.26 Å². The number of nitrogens with one attached hydrogen (secondary N) is 1. The van der Waals surface area contributed by atoms with Gasteiger partial charge in [-0.05, 0) is 50.5 Å². The average Bonchev–Trinajstić information content (AvgIpc) is 3.14. The summed E-state index contributed by atoms with van der Waals surface area (Å²) >= 11 is 0. The Balaban J connectivity index is 1.89. The van der Waals surface area contributed by atoms with Crippen molar-refractivity contribution in [3.8, 4) is 11.8 Å². The van der Waals surface area contributed by atoms with Gasteiger partial charge >= 0.3 is 0 Å². The number of hydrogen-bond donors (Lipinski definition) is 1. The largest absolute Gasteiger partial charge is 0.492 e. The number of amides is 1. The maximum atomic E-state index is 13.2. The third-order valence-corrected chi connectivity index (χ3v) is 5.12. The van der Waals surface area contributed by atoms with Crippen molar-refractivity contribution < 1.29 is 9.53 Å². The minimum absolute atomic E-state index is 0.00801. The SMILES string of the molecule is CCOc1ccc(NC(=O)C2(c3cccc(C)c3)CCCC2)cc1C#N. The van der Waals surface area contributed by atoms with Crippen molar-refractivity contribution in [2.45, 2.75) is 44.9 Å². The predicted octanol–water partition coefficient (Wildman–Crippen LogP) is 4.72. The van der Waals surface area contributed by atoms with E-state index in [0.29, 0.717) is 23.6 Å². The molecule has 2 aromatic carbocycles. The Morgan fingerprint density at radius 1 is 1.23 bits per heavy atom. The van der Waals surface area contributed by atoms with Crippen LogP contribution in [0.25, 0.3) is 0 Å². The summed E-state index contributed by atoms with van der Waals surface area (Å²) in [6.45, 7) is 4.43. The van der Waals surface area contributed by atoms with Gasteiger partial charge in [0.2, 0.25) is 5.91 Å². The van der Waals surface area contributed by atoms with Crippen LogP contribution in [-0.4, -0.2) is 12.5 Å². The number of nitrogens with zero attached hydrogens (tertiary/aromatic N) is 1. The maximum absolute atomic E-state index is 13.2. The van der Waals surface area contributed by atoms with Crippen molar-refractivity contribution in [3.63, 3.8) is 0 Å². The number of anilines is 1. The van der Waals surface area contributed by atoms with Crippen LogP contribution in [0.15, 0.2) is 42.5 Å². The summed E-state index contributed by atoms with van der Waals surface area (Å²) in [5.41, 5.74) is 2.82. The third-order valence-electron chi connectivity index (χ3n) is 5.12. The maximum Gasteiger partial charge on any atom is 0.235 e. The number of hydrogen-bond acceptors (Lipinski definition) is 3. The molecule has 0 bridgehead atoms. The van der Waals surface area contributed by atoms with E-state index in [1.165, 1.54) is 0 Å². The first kappa shape index (κ1) is 18.0. The fourth-order valence-electron chi connectivity index (χ4n) is 3.80. The summed E-state index contributed by atoms with van der Waals surface area (Å²) in [4.78, 5) is 13.2. The van der Waals surface area contributed by atoms with Gasteiger partial charge in [0.25, 0.3) is 0 Å². The van der Waals surface area contributed by atoms with E-state index in [-0.39, 0.29) is 5.91 Å². The number of rotatable bonds is 5. The number of ether oxygens (including phenoxy) is 1. The molecule has 0 heterocycles. The molecule has 26 heavy (non-hydrogen) atoms. The molecule has 1 amide bonds. The van der Waals surface area contributed by atoms with E-state index >= 15 is 0 Å².